The van der Waals surface area contributed by atoms with Gasteiger partial charge in [0, 0.05) is 24.2 Å². The van der Waals surface area contributed by atoms with Crippen molar-refractivity contribution in [3.63, 3.8) is 0 Å². The Morgan fingerprint density at radius 3 is 2.58 bits per heavy atom. The number of amides is 2. The van der Waals surface area contributed by atoms with E-state index in [4.69, 9.17) is 5.73 Å². The first-order valence-corrected chi connectivity index (χ1v) is 11.2. The molecule has 0 aromatic carbocycles. The molecule has 0 saturated carbocycles. The number of thiophene rings is 1. The molecule has 9 nitrogen and oxygen atoms in total. The van der Waals surface area contributed by atoms with Crippen LogP contribution in [0.5, 0.6) is 0 Å². The van der Waals surface area contributed by atoms with Gasteiger partial charge in [-0.2, -0.15) is 10.2 Å². The largest absolute Gasteiger partial charge is 0.365 e. The van der Waals surface area contributed by atoms with Crippen molar-refractivity contribution < 1.29 is 18.4 Å². The molecule has 3 N–H and O–H groups in total. The van der Waals surface area contributed by atoms with Gasteiger partial charge in [0.2, 0.25) is 5.91 Å². The monoisotopic (exact) mass is 537 g/mol. The van der Waals surface area contributed by atoms with Gasteiger partial charge in [0.05, 0.1) is 27.7 Å². The van der Waals surface area contributed by atoms with Crippen LogP contribution in [-0.2, 0) is 18.4 Å². The minimum atomic E-state index is -2.83. The second-order valence-electron chi connectivity index (χ2n) is 7.33. The predicted octanol–water partition coefficient (Wildman–Crippen LogP) is 3.95. The van der Waals surface area contributed by atoms with Crippen LogP contribution < -0.4 is 11.1 Å². The van der Waals surface area contributed by atoms with Crippen LogP contribution in [0.3, 0.4) is 0 Å². The molecule has 2 amide bonds. The molecule has 4 aromatic rings. The molecule has 0 fully saturated rings. The van der Waals surface area contributed by atoms with Gasteiger partial charge in [-0.25, -0.2) is 13.8 Å². The maximum absolute atomic E-state index is 13.6. The second-order valence-corrected chi connectivity index (χ2v) is 9.18. The van der Waals surface area contributed by atoms with E-state index in [0.29, 0.717) is 22.2 Å². The van der Waals surface area contributed by atoms with Crippen LogP contribution in [0.1, 0.15) is 33.2 Å². The third-order valence-corrected chi connectivity index (χ3v) is 6.91. The number of carbonyl (C=O) groups is 2. The van der Waals surface area contributed by atoms with Crippen LogP contribution in [0.15, 0.2) is 22.9 Å². The summed E-state index contributed by atoms with van der Waals surface area (Å²) in [6, 6.07) is 1.25. The molecule has 0 bridgehead atoms. The zero-order chi connectivity index (χ0) is 24.0. The number of nitrogens with two attached hydrogens (primary N) is 1. The molecule has 33 heavy (non-hydrogen) atoms. The predicted molar refractivity (Wildman–Crippen MR) is 123 cm³/mol. The molecule has 13 heteroatoms. The van der Waals surface area contributed by atoms with Crippen molar-refractivity contribution in [2.45, 2.75) is 26.8 Å². The third-order valence-electron chi connectivity index (χ3n) is 5.03. The quantitative estimate of drug-likeness (QED) is 0.385. The number of pyridine rings is 1. The van der Waals surface area contributed by atoms with Crippen molar-refractivity contribution in [3.8, 4) is 11.1 Å². The van der Waals surface area contributed by atoms with Gasteiger partial charge in [-0.3, -0.25) is 19.0 Å². The average Bonchev–Trinajstić information content (AvgIpc) is 3.38. The van der Waals surface area contributed by atoms with Gasteiger partial charge in [0.15, 0.2) is 0 Å². The lowest BCUT2D eigenvalue weighted by Gasteiger charge is -2.11. The van der Waals surface area contributed by atoms with Crippen molar-refractivity contribution >= 4 is 55.0 Å². The first-order chi connectivity index (χ1) is 15.6. The number of rotatable bonds is 6. The Kier molecular flexibility index (Phi) is 6.01. The molecular weight excluding hydrogens is 520 g/mol. The van der Waals surface area contributed by atoms with Gasteiger partial charge in [-0.1, -0.05) is 0 Å². The van der Waals surface area contributed by atoms with E-state index in [-0.39, 0.29) is 21.9 Å². The van der Waals surface area contributed by atoms with Gasteiger partial charge in [-0.05, 0) is 41.4 Å². The normalized spacial score (nSPS) is 11.5. The zero-order valence-corrected chi connectivity index (χ0v) is 20.1. The molecular formula is C20H18BrF2N7O2S. The van der Waals surface area contributed by atoms with Crippen molar-refractivity contribution in [2.24, 2.45) is 12.8 Å². The third kappa shape index (κ3) is 4.25. The number of carbonyl (C=O) groups excluding carboxylic acids is 2. The van der Waals surface area contributed by atoms with Crippen LogP contribution in [0.25, 0.3) is 21.3 Å². The molecule has 4 rings (SSSR count). The lowest BCUT2D eigenvalue weighted by atomic mass is 10.0. The summed E-state index contributed by atoms with van der Waals surface area (Å²) in [6.45, 7) is 3.40. The number of hydrogen-bond acceptors (Lipinski definition) is 6. The molecule has 0 spiro atoms. The van der Waals surface area contributed by atoms with E-state index in [0.717, 1.165) is 21.5 Å². The zero-order valence-electron chi connectivity index (χ0n) is 17.7. The Labute approximate surface area is 198 Å². The molecule has 172 valence electrons. The first kappa shape index (κ1) is 23.0. The van der Waals surface area contributed by atoms with E-state index < -0.39 is 23.9 Å². The lowest BCUT2D eigenvalue weighted by Crippen LogP contribution is -2.22. The number of nitrogens with one attached hydrogen (secondary N) is 1. The van der Waals surface area contributed by atoms with Crippen molar-refractivity contribution in [1.82, 2.24) is 24.5 Å². The van der Waals surface area contributed by atoms with Crippen molar-refractivity contribution in [2.75, 3.05) is 5.32 Å². The molecule has 0 unspecified atom stereocenters. The minimum absolute atomic E-state index is 0.0124. The maximum atomic E-state index is 13.6. The molecule has 4 aromatic heterocycles. The first-order valence-electron chi connectivity index (χ1n) is 9.60. The lowest BCUT2D eigenvalue weighted by molar-refractivity contribution is -0.116. The SMILES string of the molecule is Cc1nn(C)cc1-c1cc(C(F)F)nc2sc(C(N)=O)c(NC(=O)Cn3ncc(Br)c3C)c12. The summed E-state index contributed by atoms with van der Waals surface area (Å²) in [5.41, 5.74) is 7.51. The molecule has 0 aliphatic rings. The number of halogens is 3. The van der Waals surface area contributed by atoms with Gasteiger partial charge < -0.3 is 11.1 Å². The Balaban J connectivity index is 1.89. The highest BCUT2D eigenvalue weighted by atomic mass is 79.9. The summed E-state index contributed by atoms with van der Waals surface area (Å²) in [5.74, 6) is -1.28. The smallest absolute Gasteiger partial charge is 0.280 e. The number of nitrogens with zero attached hydrogens (tertiary/aromatic N) is 5. The highest BCUT2D eigenvalue weighted by Crippen LogP contribution is 2.43. The summed E-state index contributed by atoms with van der Waals surface area (Å²) in [4.78, 5) is 29.3. The summed E-state index contributed by atoms with van der Waals surface area (Å²) >= 11 is 4.19. The number of anilines is 1. The Bertz CT molecular complexity index is 1410. The average molecular weight is 538 g/mol. The molecule has 0 aliphatic carbocycles. The molecule has 0 aliphatic heterocycles. The highest BCUT2D eigenvalue weighted by molar-refractivity contribution is 9.10. The Hall–Kier alpha value is -3.19. The minimum Gasteiger partial charge on any atom is -0.365 e. The van der Waals surface area contributed by atoms with Gasteiger partial charge >= 0.3 is 0 Å². The Morgan fingerprint density at radius 1 is 1.30 bits per heavy atom. The van der Waals surface area contributed by atoms with E-state index in [1.165, 1.54) is 10.7 Å². The van der Waals surface area contributed by atoms with Gasteiger partial charge in [0.1, 0.15) is 21.9 Å². The number of aromatic nitrogens is 5. The van der Waals surface area contributed by atoms with Gasteiger partial charge in [0.25, 0.3) is 12.3 Å². The highest BCUT2D eigenvalue weighted by Gasteiger charge is 2.26. The van der Waals surface area contributed by atoms with E-state index in [9.17, 15) is 18.4 Å². The van der Waals surface area contributed by atoms with Crippen LogP contribution in [-0.4, -0.2) is 36.4 Å². The van der Waals surface area contributed by atoms with Gasteiger partial charge in [-0.15, -0.1) is 11.3 Å². The topological polar surface area (TPSA) is 121 Å². The fourth-order valence-corrected chi connectivity index (χ4v) is 4.81. The number of fused-ring (bicyclic) bond motifs is 1. The van der Waals surface area contributed by atoms with Crippen LogP contribution in [0.2, 0.25) is 0 Å². The molecule has 0 saturated heterocycles. The van der Waals surface area contributed by atoms with E-state index in [2.05, 4.69) is 36.4 Å². The maximum Gasteiger partial charge on any atom is 0.280 e. The van der Waals surface area contributed by atoms with Crippen LogP contribution in [0.4, 0.5) is 14.5 Å². The second kappa shape index (κ2) is 8.63. The van der Waals surface area contributed by atoms with Crippen LogP contribution >= 0.6 is 27.3 Å². The van der Waals surface area contributed by atoms with Crippen LogP contribution in [0, 0.1) is 13.8 Å². The van der Waals surface area contributed by atoms with E-state index >= 15 is 0 Å². The molecule has 0 radical (unpaired) electrons. The summed E-state index contributed by atoms with van der Waals surface area (Å²) in [6.07, 6.45) is 0.414. The summed E-state index contributed by atoms with van der Waals surface area (Å²) < 4.78 is 31.0. The summed E-state index contributed by atoms with van der Waals surface area (Å²) in [7, 11) is 1.71. The fraction of sp³-hybridized carbons (Fsp3) is 0.250. The number of hydrogen-bond donors (Lipinski definition) is 2. The molecule has 0 atom stereocenters. The number of aryl methyl sites for hydroxylation is 2. The van der Waals surface area contributed by atoms with Crippen molar-refractivity contribution in [1.29, 1.82) is 0 Å². The Morgan fingerprint density at radius 2 is 2.03 bits per heavy atom. The standard InChI is InChI=1S/C20H18BrF2N7O2S/c1-8-11(6-29(3)28-8)10-4-13(18(22)23)26-20-15(10)16(17(33-20)19(24)32)27-14(31)7-30-9(2)12(21)5-25-30/h4-6,18H,7H2,1-3H3,(H2,24,32)(H,27,31). The van der Waals surface area contributed by atoms with E-state index in [1.54, 1.807) is 38.0 Å². The van der Waals surface area contributed by atoms with E-state index in [1.807, 2.05) is 0 Å². The van der Waals surface area contributed by atoms with Crippen molar-refractivity contribution in [3.05, 3.63) is 44.9 Å². The number of primary amides is 1. The number of alkyl halides is 2. The molecule has 4 heterocycles. The summed E-state index contributed by atoms with van der Waals surface area (Å²) in [5, 5.41) is 11.5. The fourth-order valence-electron chi connectivity index (χ4n) is 3.50.